The summed E-state index contributed by atoms with van der Waals surface area (Å²) in [5, 5.41) is 0. The Morgan fingerprint density at radius 3 is 2.39 bits per heavy atom. The van der Waals surface area contributed by atoms with Crippen LogP contribution in [0.25, 0.3) is 11.0 Å². The molecule has 4 rings (SSSR count). The van der Waals surface area contributed by atoms with E-state index in [0.29, 0.717) is 6.54 Å². The van der Waals surface area contributed by atoms with Crippen molar-refractivity contribution in [1.29, 1.82) is 0 Å². The second-order valence-corrected chi connectivity index (χ2v) is 9.30. The van der Waals surface area contributed by atoms with Crippen molar-refractivity contribution in [2.24, 2.45) is 0 Å². The number of hydrogen-bond acceptors (Lipinski definition) is 5. The highest BCUT2D eigenvalue weighted by Crippen LogP contribution is 2.26. The molecule has 2 aromatic carbocycles. The molecular formula is C21H24N4O2S. The quantitative estimate of drug-likeness (QED) is 0.663. The fourth-order valence-electron chi connectivity index (χ4n) is 3.72. The number of sulfonamides is 1. The van der Waals surface area contributed by atoms with E-state index < -0.39 is 10.0 Å². The van der Waals surface area contributed by atoms with E-state index >= 15 is 0 Å². The molecule has 0 radical (unpaired) electrons. The van der Waals surface area contributed by atoms with Gasteiger partial charge in [0, 0.05) is 26.2 Å². The Morgan fingerprint density at radius 1 is 1.04 bits per heavy atom. The summed E-state index contributed by atoms with van der Waals surface area (Å²) in [5.41, 5.74) is 3.41. The fraction of sp³-hybridized carbons (Fsp3) is 0.333. The monoisotopic (exact) mass is 396 g/mol. The fourth-order valence-corrected chi connectivity index (χ4v) is 5.17. The third kappa shape index (κ3) is 3.72. The molecule has 0 N–H and O–H groups in total. The predicted molar refractivity (Wildman–Crippen MR) is 112 cm³/mol. The first-order valence-corrected chi connectivity index (χ1v) is 11.0. The second-order valence-electron chi connectivity index (χ2n) is 7.27. The number of fused-ring (bicyclic) bond motifs is 1. The Balaban J connectivity index is 1.51. The molecule has 0 saturated carbocycles. The molecule has 0 amide bonds. The Kier molecular flexibility index (Phi) is 5.03. The van der Waals surface area contributed by atoms with Gasteiger partial charge in [-0.25, -0.2) is 18.4 Å². The zero-order valence-electron chi connectivity index (χ0n) is 16.1. The van der Waals surface area contributed by atoms with Gasteiger partial charge in [-0.1, -0.05) is 42.5 Å². The lowest BCUT2D eigenvalue weighted by atomic mass is 10.2. The maximum Gasteiger partial charge on any atom is 0.218 e. The van der Waals surface area contributed by atoms with Crippen LogP contribution in [-0.4, -0.2) is 48.9 Å². The lowest BCUT2D eigenvalue weighted by molar-refractivity contribution is 0.389. The molecule has 7 heteroatoms. The standard InChI is InChI=1S/C21H24N4O2S/c1-16-21(23-20-11-7-6-10-19(20)22-16)25-13-12-18(14-25)24(2)28(26,27)15-17-8-4-3-5-9-17/h3-11,18H,12-15H2,1-2H3. The van der Waals surface area contributed by atoms with Gasteiger partial charge in [0.15, 0.2) is 5.82 Å². The highest BCUT2D eigenvalue weighted by molar-refractivity contribution is 7.88. The van der Waals surface area contributed by atoms with Crippen LogP contribution in [0.5, 0.6) is 0 Å². The minimum Gasteiger partial charge on any atom is -0.353 e. The first-order chi connectivity index (χ1) is 13.4. The normalized spacial score (nSPS) is 17.5. The van der Waals surface area contributed by atoms with Crippen molar-refractivity contribution in [3.63, 3.8) is 0 Å². The topological polar surface area (TPSA) is 66.4 Å². The number of likely N-dealkylation sites (N-methyl/N-ethyl adjacent to an activating group) is 1. The van der Waals surface area contributed by atoms with Crippen LogP contribution in [0, 0.1) is 6.92 Å². The van der Waals surface area contributed by atoms with Gasteiger partial charge < -0.3 is 4.90 Å². The lowest BCUT2D eigenvalue weighted by Gasteiger charge is -2.25. The van der Waals surface area contributed by atoms with Crippen molar-refractivity contribution in [2.75, 3.05) is 25.0 Å². The molecule has 0 bridgehead atoms. The van der Waals surface area contributed by atoms with Crippen LogP contribution in [0.2, 0.25) is 0 Å². The van der Waals surface area contributed by atoms with E-state index in [9.17, 15) is 8.42 Å². The van der Waals surface area contributed by atoms with Gasteiger partial charge in [-0.05, 0) is 31.0 Å². The number of rotatable bonds is 5. The van der Waals surface area contributed by atoms with Gasteiger partial charge in [0.2, 0.25) is 10.0 Å². The van der Waals surface area contributed by atoms with Crippen molar-refractivity contribution in [1.82, 2.24) is 14.3 Å². The van der Waals surface area contributed by atoms with Crippen molar-refractivity contribution in [3.8, 4) is 0 Å². The van der Waals surface area contributed by atoms with Gasteiger partial charge in [-0.15, -0.1) is 0 Å². The van der Waals surface area contributed by atoms with Crippen LogP contribution >= 0.6 is 0 Å². The summed E-state index contributed by atoms with van der Waals surface area (Å²) in [7, 11) is -1.69. The molecule has 1 aromatic heterocycles. The van der Waals surface area contributed by atoms with Gasteiger partial charge in [0.25, 0.3) is 0 Å². The summed E-state index contributed by atoms with van der Waals surface area (Å²) in [5.74, 6) is 0.866. The zero-order chi connectivity index (χ0) is 19.7. The summed E-state index contributed by atoms with van der Waals surface area (Å²) < 4.78 is 27.2. The van der Waals surface area contributed by atoms with Crippen molar-refractivity contribution in [3.05, 3.63) is 65.9 Å². The van der Waals surface area contributed by atoms with Gasteiger partial charge in [-0.2, -0.15) is 4.31 Å². The molecule has 3 aromatic rings. The highest BCUT2D eigenvalue weighted by Gasteiger charge is 2.33. The van der Waals surface area contributed by atoms with Crippen LogP contribution in [0.15, 0.2) is 54.6 Å². The Morgan fingerprint density at radius 2 is 1.68 bits per heavy atom. The summed E-state index contributed by atoms with van der Waals surface area (Å²) in [6.07, 6.45) is 0.776. The van der Waals surface area contributed by atoms with Crippen molar-refractivity contribution >= 4 is 26.9 Å². The van der Waals surface area contributed by atoms with E-state index in [1.165, 1.54) is 4.31 Å². The number of aryl methyl sites for hydroxylation is 1. The summed E-state index contributed by atoms with van der Waals surface area (Å²) in [6.45, 7) is 3.35. The van der Waals surface area contributed by atoms with E-state index in [0.717, 1.165) is 41.1 Å². The van der Waals surface area contributed by atoms with Gasteiger partial charge in [0.1, 0.15) is 0 Å². The average Bonchev–Trinajstić information content (AvgIpc) is 3.17. The van der Waals surface area contributed by atoms with E-state index in [4.69, 9.17) is 4.98 Å². The molecule has 28 heavy (non-hydrogen) atoms. The van der Waals surface area contributed by atoms with Gasteiger partial charge in [-0.3, -0.25) is 0 Å². The summed E-state index contributed by atoms with van der Waals surface area (Å²) >= 11 is 0. The van der Waals surface area contributed by atoms with E-state index in [1.54, 1.807) is 7.05 Å². The van der Waals surface area contributed by atoms with E-state index in [1.807, 2.05) is 61.5 Å². The third-order valence-corrected chi connectivity index (χ3v) is 7.20. The first kappa shape index (κ1) is 18.8. The Labute approximate surface area is 165 Å². The van der Waals surface area contributed by atoms with Crippen LogP contribution in [0.4, 0.5) is 5.82 Å². The largest absolute Gasteiger partial charge is 0.353 e. The number of anilines is 1. The molecule has 0 spiro atoms. The maximum atomic E-state index is 12.9. The molecular weight excluding hydrogens is 372 g/mol. The predicted octanol–water partition coefficient (Wildman–Crippen LogP) is 2.98. The maximum absolute atomic E-state index is 12.9. The summed E-state index contributed by atoms with van der Waals surface area (Å²) in [4.78, 5) is 11.6. The van der Waals surface area contributed by atoms with Crippen LogP contribution < -0.4 is 4.90 Å². The SMILES string of the molecule is Cc1nc2ccccc2nc1N1CCC(N(C)S(=O)(=O)Cc2ccccc2)C1. The Bertz CT molecular complexity index is 1090. The molecule has 1 aliphatic heterocycles. The number of benzene rings is 2. The van der Waals surface area contributed by atoms with Crippen LogP contribution in [-0.2, 0) is 15.8 Å². The van der Waals surface area contributed by atoms with Crippen LogP contribution in [0.3, 0.4) is 0 Å². The van der Waals surface area contributed by atoms with E-state index in [2.05, 4.69) is 9.88 Å². The second kappa shape index (κ2) is 7.48. The number of aromatic nitrogens is 2. The van der Waals surface area contributed by atoms with Crippen LogP contribution in [0.1, 0.15) is 17.7 Å². The average molecular weight is 397 g/mol. The first-order valence-electron chi connectivity index (χ1n) is 9.42. The number of hydrogen-bond donors (Lipinski definition) is 0. The zero-order valence-corrected chi connectivity index (χ0v) is 16.9. The molecule has 1 aliphatic rings. The molecule has 1 fully saturated rings. The molecule has 146 valence electrons. The highest BCUT2D eigenvalue weighted by atomic mass is 32.2. The lowest BCUT2D eigenvalue weighted by Crippen LogP contribution is -2.39. The smallest absolute Gasteiger partial charge is 0.218 e. The van der Waals surface area contributed by atoms with Crippen molar-refractivity contribution in [2.45, 2.75) is 25.1 Å². The minimum atomic E-state index is -3.38. The summed E-state index contributed by atoms with van der Waals surface area (Å²) in [6, 6.07) is 17.1. The number of para-hydroxylation sites is 2. The van der Waals surface area contributed by atoms with Gasteiger partial charge >= 0.3 is 0 Å². The van der Waals surface area contributed by atoms with Gasteiger partial charge in [0.05, 0.1) is 22.5 Å². The molecule has 1 saturated heterocycles. The molecule has 6 nitrogen and oxygen atoms in total. The molecule has 2 heterocycles. The molecule has 1 atom stereocenters. The third-order valence-electron chi connectivity index (χ3n) is 5.33. The molecule has 1 unspecified atom stereocenters. The Hall–Kier alpha value is -2.51. The van der Waals surface area contributed by atoms with Crippen molar-refractivity contribution < 1.29 is 8.42 Å². The van der Waals surface area contributed by atoms with E-state index in [-0.39, 0.29) is 11.8 Å². The minimum absolute atomic E-state index is 0.0235. The molecule has 0 aliphatic carbocycles. The number of nitrogens with zero attached hydrogens (tertiary/aromatic N) is 4.